The minimum absolute atomic E-state index is 0.757. The van der Waals surface area contributed by atoms with Crippen molar-refractivity contribution in [3.05, 3.63) is 34.7 Å². The second-order valence-corrected chi connectivity index (χ2v) is 7.61. The average Bonchev–Trinajstić information content (AvgIpc) is 2.04. The summed E-state index contributed by atoms with van der Waals surface area (Å²) in [6.07, 6.45) is 6.54. The van der Waals surface area contributed by atoms with Crippen LogP contribution >= 0.6 is 10.0 Å². The van der Waals surface area contributed by atoms with Gasteiger partial charge in [0.1, 0.15) is 0 Å². The summed E-state index contributed by atoms with van der Waals surface area (Å²) in [7, 11) is -0.821. The van der Waals surface area contributed by atoms with Gasteiger partial charge in [-0.25, -0.2) is 10.0 Å². The molecule has 0 aliphatic rings. The van der Waals surface area contributed by atoms with Gasteiger partial charge in [-0.2, -0.15) is 0 Å². The molecule has 3 nitrogen and oxygen atoms in total. The molecule has 0 saturated carbocycles. The Kier molecular flexibility index (Phi) is 2.86. The van der Waals surface area contributed by atoms with Crippen LogP contribution in [0.25, 0.3) is 10.4 Å². The molecule has 0 saturated heterocycles. The first-order valence-corrected chi connectivity index (χ1v) is 6.74. The van der Waals surface area contributed by atoms with Crippen LogP contribution in [0.5, 0.6) is 0 Å². The third-order valence-electron chi connectivity index (χ3n) is 1.68. The molecule has 0 N–H and O–H groups in total. The minimum Gasteiger partial charge on any atom is -0.223 e. The van der Waals surface area contributed by atoms with E-state index in [-0.39, 0.29) is 0 Å². The first-order chi connectivity index (χ1) is 6.05. The summed E-state index contributed by atoms with van der Waals surface area (Å²) in [5.41, 5.74) is 9.13. The van der Waals surface area contributed by atoms with Crippen molar-refractivity contribution in [2.45, 2.75) is 4.90 Å². The van der Waals surface area contributed by atoms with E-state index in [1.54, 1.807) is 0 Å². The Bertz CT molecular complexity index is 348. The Morgan fingerprint density at radius 3 is 2.38 bits per heavy atom. The smallest absolute Gasteiger partial charge is 0.0496 e. The van der Waals surface area contributed by atoms with Gasteiger partial charge in [-0.1, -0.05) is 23.3 Å². The zero-order chi connectivity index (χ0) is 9.90. The molecule has 0 aliphatic heterocycles. The molecule has 1 rings (SSSR count). The lowest BCUT2D eigenvalue weighted by Gasteiger charge is -2.27. The van der Waals surface area contributed by atoms with Gasteiger partial charge in [-0.3, -0.25) is 0 Å². The van der Waals surface area contributed by atoms with Crippen LogP contribution in [0.1, 0.15) is 0 Å². The van der Waals surface area contributed by atoms with Crippen LogP contribution in [0.2, 0.25) is 0 Å². The van der Waals surface area contributed by atoms with E-state index in [1.807, 2.05) is 24.3 Å². The maximum absolute atomic E-state index is 8.38. The van der Waals surface area contributed by atoms with Gasteiger partial charge in [0.2, 0.25) is 0 Å². The molecule has 0 spiro atoms. The number of hydrogen-bond acceptors (Lipinski definition) is 1. The van der Waals surface area contributed by atoms with E-state index < -0.39 is 10.0 Å². The monoisotopic (exact) mass is 195 g/mol. The van der Waals surface area contributed by atoms with Gasteiger partial charge in [0.05, 0.1) is 0 Å². The third-order valence-corrected chi connectivity index (χ3v) is 3.34. The van der Waals surface area contributed by atoms with Gasteiger partial charge in [-0.15, -0.1) is 0 Å². The molecular weight excluding hydrogens is 182 g/mol. The maximum Gasteiger partial charge on any atom is 0.0496 e. The molecule has 0 aliphatic carbocycles. The fourth-order valence-electron chi connectivity index (χ4n) is 1.11. The molecule has 0 radical (unpaired) electrons. The summed E-state index contributed by atoms with van der Waals surface area (Å²) in [5.74, 6) is 0. The zero-order valence-electron chi connectivity index (χ0n) is 8.06. The number of benzene rings is 1. The van der Waals surface area contributed by atoms with Gasteiger partial charge in [-0.05, 0) is 35.3 Å². The summed E-state index contributed by atoms with van der Waals surface area (Å²) in [4.78, 5) is 3.98. The Hall–Kier alpha value is -1.12. The fourth-order valence-corrected chi connectivity index (χ4v) is 2.33. The van der Waals surface area contributed by atoms with Crippen molar-refractivity contribution >= 4 is 15.7 Å². The minimum atomic E-state index is -0.821. The first kappa shape index (κ1) is 9.96. The quantitative estimate of drug-likeness (QED) is 0.392. The second-order valence-electron chi connectivity index (χ2n) is 3.49. The Morgan fingerprint density at radius 2 is 1.85 bits per heavy atom. The third kappa shape index (κ3) is 2.41. The summed E-state index contributed by atoms with van der Waals surface area (Å²) in [6, 6.07) is 7.75. The van der Waals surface area contributed by atoms with Crippen molar-refractivity contribution in [1.82, 2.24) is 0 Å². The lowest BCUT2D eigenvalue weighted by molar-refractivity contribution is 1.34. The van der Waals surface area contributed by atoms with Crippen molar-refractivity contribution in [1.29, 1.82) is 0 Å². The Labute approximate surface area is 79.7 Å². The largest absolute Gasteiger partial charge is 0.223 e. The highest BCUT2D eigenvalue weighted by Crippen LogP contribution is 2.49. The van der Waals surface area contributed by atoms with E-state index in [1.165, 1.54) is 0 Å². The standard InChI is InChI=1S/C9H13N3S/c1-13(2,3)9-7-5-4-6-8(9)11-12-10/h4-7H,1-3H3. The van der Waals surface area contributed by atoms with Gasteiger partial charge in [0, 0.05) is 10.6 Å². The van der Waals surface area contributed by atoms with Crippen LogP contribution < -0.4 is 0 Å². The van der Waals surface area contributed by atoms with E-state index in [0.717, 1.165) is 10.6 Å². The Balaban J connectivity index is 3.27. The predicted octanol–water partition coefficient (Wildman–Crippen LogP) is 3.68. The highest BCUT2D eigenvalue weighted by Gasteiger charge is 2.10. The van der Waals surface area contributed by atoms with E-state index in [2.05, 4.69) is 28.8 Å². The highest BCUT2D eigenvalue weighted by molar-refractivity contribution is 8.32. The molecule has 13 heavy (non-hydrogen) atoms. The molecular formula is C9H13N3S. The molecule has 0 unspecified atom stereocenters. The first-order valence-electron chi connectivity index (χ1n) is 3.88. The van der Waals surface area contributed by atoms with Crippen LogP contribution in [0.3, 0.4) is 0 Å². The predicted molar refractivity (Wildman–Crippen MR) is 58.9 cm³/mol. The highest BCUT2D eigenvalue weighted by atomic mass is 32.3. The molecule has 0 amide bonds. The summed E-state index contributed by atoms with van der Waals surface area (Å²) in [5, 5.41) is 3.67. The van der Waals surface area contributed by atoms with Gasteiger partial charge >= 0.3 is 0 Å². The van der Waals surface area contributed by atoms with Crippen molar-refractivity contribution in [2.24, 2.45) is 5.11 Å². The molecule has 0 atom stereocenters. The van der Waals surface area contributed by atoms with Crippen molar-refractivity contribution < 1.29 is 0 Å². The lowest BCUT2D eigenvalue weighted by atomic mass is 10.3. The summed E-state index contributed by atoms with van der Waals surface area (Å²) < 4.78 is 0. The fraction of sp³-hybridized carbons (Fsp3) is 0.333. The normalized spacial score (nSPS) is 11.9. The topological polar surface area (TPSA) is 48.8 Å². The molecule has 1 aromatic rings. The average molecular weight is 195 g/mol. The number of nitrogens with zero attached hydrogens (tertiary/aromatic N) is 3. The van der Waals surface area contributed by atoms with Crippen LogP contribution in [0.15, 0.2) is 34.3 Å². The summed E-state index contributed by atoms with van der Waals surface area (Å²) >= 11 is 0. The van der Waals surface area contributed by atoms with Gasteiger partial charge in [0.15, 0.2) is 0 Å². The maximum atomic E-state index is 8.38. The number of azide groups is 1. The molecule has 0 aromatic heterocycles. The van der Waals surface area contributed by atoms with E-state index in [4.69, 9.17) is 5.53 Å². The molecule has 0 bridgehead atoms. The van der Waals surface area contributed by atoms with Gasteiger partial charge in [0.25, 0.3) is 0 Å². The number of rotatable bonds is 2. The van der Waals surface area contributed by atoms with Crippen LogP contribution in [-0.4, -0.2) is 18.8 Å². The summed E-state index contributed by atoms with van der Waals surface area (Å²) in [6.45, 7) is 0. The SMILES string of the molecule is CS(C)(C)c1ccccc1N=[N+]=[N-]. The molecule has 4 heteroatoms. The van der Waals surface area contributed by atoms with E-state index >= 15 is 0 Å². The molecule has 0 fully saturated rings. The van der Waals surface area contributed by atoms with Crippen LogP contribution in [0.4, 0.5) is 5.69 Å². The van der Waals surface area contributed by atoms with Crippen LogP contribution in [-0.2, 0) is 0 Å². The Morgan fingerprint density at radius 1 is 1.23 bits per heavy atom. The molecule has 70 valence electrons. The van der Waals surface area contributed by atoms with Crippen molar-refractivity contribution in [2.75, 3.05) is 18.8 Å². The van der Waals surface area contributed by atoms with E-state index in [9.17, 15) is 0 Å². The lowest BCUT2D eigenvalue weighted by Crippen LogP contribution is -1.92. The zero-order valence-corrected chi connectivity index (χ0v) is 8.88. The molecule has 1 aromatic carbocycles. The van der Waals surface area contributed by atoms with Crippen LogP contribution in [0, 0.1) is 0 Å². The molecule has 0 heterocycles. The van der Waals surface area contributed by atoms with E-state index in [0.29, 0.717) is 0 Å². The van der Waals surface area contributed by atoms with Crippen molar-refractivity contribution in [3.63, 3.8) is 0 Å². The van der Waals surface area contributed by atoms with Gasteiger partial charge < -0.3 is 0 Å². The number of hydrogen-bond donors (Lipinski definition) is 0. The van der Waals surface area contributed by atoms with Crippen molar-refractivity contribution in [3.8, 4) is 0 Å². The second kappa shape index (κ2) is 3.73.